The first-order valence-electron chi connectivity index (χ1n) is 4.87. The maximum Gasteiger partial charge on any atom is 0.161 e. The van der Waals surface area contributed by atoms with Crippen LogP contribution in [0.15, 0.2) is 12.2 Å². The van der Waals surface area contributed by atoms with Crippen LogP contribution < -0.4 is 0 Å². The fourth-order valence-corrected chi connectivity index (χ4v) is 2.35. The maximum atomic E-state index is 11.6. The van der Waals surface area contributed by atoms with E-state index in [4.69, 9.17) is 0 Å². The lowest BCUT2D eigenvalue weighted by Gasteiger charge is -2.27. The number of Topliss-reactive ketones (excluding diaryl/α,β-unsaturated/α-hetero) is 1. The first-order valence-corrected chi connectivity index (χ1v) is 4.87. The fraction of sp³-hybridized carbons (Fsp3) is 0.636. The molecule has 2 nitrogen and oxygen atoms in total. The Bertz CT molecular complexity index is 290. The van der Waals surface area contributed by atoms with Gasteiger partial charge in [-0.2, -0.15) is 0 Å². The zero-order valence-electron chi connectivity index (χ0n) is 7.88. The number of carbonyl (C=O) groups excluding carboxylic acids is 2. The summed E-state index contributed by atoms with van der Waals surface area (Å²) < 4.78 is 0. The largest absolute Gasteiger partial charge is 0.300 e. The van der Waals surface area contributed by atoms with Crippen LogP contribution in [0.1, 0.15) is 32.6 Å². The molecule has 2 heteroatoms. The van der Waals surface area contributed by atoms with Crippen molar-refractivity contribution >= 4 is 11.6 Å². The first-order chi connectivity index (χ1) is 6.13. The van der Waals surface area contributed by atoms with Gasteiger partial charge in [0.2, 0.25) is 0 Å². The Kier molecular flexibility index (Phi) is 1.86. The lowest BCUT2D eigenvalue weighted by molar-refractivity contribution is -0.124. The SMILES string of the molecule is CC12CCC(=O)CCC1C=CC2=O. The standard InChI is InChI=1S/C11H14O2/c1-11-7-6-9(12)4-2-8(11)3-5-10(11)13/h3,5,8H,2,4,6-7H2,1H3. The topological polar surface area (TPSA) is 34.1 Å². The zero-order chi connectivity index (χ0) is 9.47. The first kappa shape index (κ1) is 8.67. The van der Waals surface area contributed by atoms with Gasteiger partial charge in [0, 0.05) is 18.3 Å². The van der Waals surface area contributed by atoms with Crippen LogP contribution in [-0.2, 0) is 9.59 Å². The van der Waals surface area contributed by atoms with Gasteiger partial charge in [-0.05, 0) is 24.8 Å². The van der Waals surface area contributed by atoms with E-state index in [9.17, 15) is 9.59 Å². The Labute approximate surface area is 78.0 Å². The van der Waals surface area contributed by atoms with E-state index < -0.39 is 0 Å². The predicted octanol–water partition coefficient (Wildman–Crippen LogP) is 1.89. The van der Waals surface area contributed by atoms with Crippen molar-refractivity contribution in [1.29, 1.82) is 0 Å². The number of fused-ring (bicyclic) bond motifs is 1. The van der Waals surface area contributed by atoms with Crippen molar-refractivity contribution in [2.75, 3.05) is 0 Å². The second kappa shape index (κ2) is 2.79. The molecule has 0 aliphatic heterocycles. The Balaban J connectivity index is 2.26. The average Bonchev–Trinajstić information content (AvgIpc) is 2.28. The molecule has 0 N–H and O–H groups in total. The van der Waals surface area contributed by atoms with E-state index in [1.54, 1.807) is 6.08 Å². The van der Waals surface area contributed by atoms with Gasteiger partial charge >= 0.3 is 0 Å². The molecular weight excluding hydrogens is 164 g/mol. The summed E-state index contributed by atoms with van der Waals surface area (Å²) in [4.78, 5) is 22.8. The van der Waals surface area contributed by atoms with Crippen LogP contribution in [0.25, 0.3) is 0 Å². The number of rotatable bonds is 0. The summed E-state index contributed by atoms with van der Waals surface area (Å²) >= 11 is 0. The quantitative estimate of drug-likeness (QED) is 0.567. The van der Waals surface area contributed by atoms with Gasteiger partial charge in [0.05, 0.1) is 0 Å². The van der Waals surface area contributed by atoms with Crippen molar-refractivity contribution in [1.82, 2.24) is 0 Å². The molecule has 0 aromatic carbocycles. The van der Waals surface area contributed by atoms with Crippen LogP contribution >= 0.6 is 0 Å². The molecule has 13 heavy (non-hydrogen) atoms. The van der Waals surface area contributed by atoms with Gasteiger partial charge < -0.3 is 0 Å². The molecule has 0 radical (unpaired) electrons. The minimum Gasteiger partial charge on any atom is -0.300 e. The van der Waals surface area contributed by atoms with Gasteiger partial charge in [0.15, 0.2) is 5.78 Å². The summed E-state index contributed by atoms with van der Waals surface area (Å²) in [5, 5.41) is 0. The highest BCUT2D eigenvalue weighted by molar-refractivity contribution is 5.98. The minimum absolute atomic E-state index is 0.215. The van der Waals surface area contributed by atoms with Crippen molar-refractivity contribution in [3.8, 4) is 0 Å². The third kappa shape index (κ3) is 1.25. The second-order valence-corrected chi connectivity index (χ2v) is 4.32. The van der Waals surface area contributed by atoms with Gasteiger partial charge in [0.25, 0.3) is 0 Å². The summed E-state index contributed by atoms with van der Waals surface area (Å²) in [5.41, 5.74) is -0.258. The highest BCUT2D eigenvalue weighted by atomic mass is 16.1. The molecule has 0 heterocycles. The van der Waals surface area contributed by atoms with Crippen molar-refractivity contribution in [2.45, 2.75) is 32.6 Å². The maximum absolute atomic E-state index is 11.6. The molecule has 0 bridgehead atoms. The second-order valence-electron chi connectivity index (χ2n) is 4.32. The van der Waals surface area contributed by atoms with Crippen LogP contribution in [0.5, 0.6) is 0 Å². The number of carbonyl (C=O) groups is 2. The predicted molar refractivity (Wildman–Crippen MR) is 49.2 cm³/mol. The monoisotopic (exact) mass is 178 g/mol. The Morgan fingerprint density at radius 1 is 1.38 bits per heavy atom. The molecule has 2 aliphatic rings. The van der Waals surface area contributed by atoms with Gasteiger partial charge in [0.1, 0.15) is 5.78 Å². The van der Waals surface area contributed by atoms with E-state index in [1.807, 2.05) is 13.0 Å². The third-order valence-electron chi connectivity index (χ3n) is 3.52. The molecule has 0 saturated heterocycles. The molecule has 0 spiro atoms. The summed E-state index contributed by atoms with van der Waals surface area (Å²) in [6.07, 6.45) is 6.51. The smallest absolute Gasteiger partial charge is 0.161 e. The molecule has 1 fully saturated rings. The highest BCUT2D eigenvalue weighted by Crippen LogP contribution is 2.44. The molecule has 1 saturated carbocycles. The molecule has 2 aliphatic carbocycles. The number of hydrogen-bond acceptors (Lipinski definition) is 2. The van der Waals surface area contributed by atoms with Gasteiger partial charge in [-0.25, -0.2) is 0 Å². The molecule has 0 amide bonds. The summed E-state index contributed by atoms with van der Waals surface area (Å²) in [6, 6.07) is 0. The number of hydrogen-bond donors (Lipinski definition) is 0. The Morgan fingerprint density at radius 2 is 2.15 bits per heavy atom. The molecule has 0 aromatic heterocycles. The minimum atomic E-state index is -0.258. The van der Waals surface area contributed by atoms with E-state index in [0.717, 1.165) is 12.8 Å². The van der Waals surface area contributed by atoms with Crippen LogP contribution in [0.2, 0.25) is 0 Å². The van der Waals surface area contributed by atoms with Crippen LogP contribution in [-0.4, -0.2) is 11.6 Å². The molecule has 70 valence electrons. The fourth-order valence-electron chi connectivity index (χ4n) is 2.35. The molecular formula is C11H14O2. The van der Waals surface area contributed by atoms with Crippen LogP contribution in [0, 0.1) is 11.3 Å². The number of ketones is 2. The third-order valence-corrected chi connectivity index (χ3v) is 3.52. The molecule has 2 unspecified atom stereocenters. The van der Waals surface area contributed by atoms with Crippen molar-refractivity contribution in [2.24, 2.45) is 11.3 Å². The molecule has 2 rings (SSSR count). The van der Waals surface area contributed by atoms with Crippen molar-refractivity contribution in [3.63, 3.8) is 0 Å². The highest BCUT2D eigenvalue weighted by Gasteiger charge is 2.43. The van der Waals surface area contributed by atoms with Crippen molar-refractivity contribution < 1.29 is 9.59 Å². The Hall–Kier alpha value is -0.920. The summed E-state index contributed by atoms with van der Waals surface area (Å²) in [7, 11) is 0. The van der Waals surface area contributed by atoms with Crippen LogP contribution in [0.4, 0.5) is 0 Å². The van der Waals surface area contributed by atoms with E-state index >= 15 is 0 Å². The Morgan fingerprint density at radius 3 is 2.92 bits per heavy atom. The number of allylic oxidation sites excluding steroid dienone is 2. The average molecular weight is 178 g/mol. The zero-order valence-corrected chi connectivity index (χ0v) is 7.88. The lowest BCUT2D eigenvalue weighted by Crippen LogP contribution is -2.28. The van der Waals surface area contributed by atoms with E-state index in [1.165, 1.54) is 0 Å². The van der Waals surface area contributed by atoms with E-state index in [-0.39, 0.29) is 11.2 Å². The van der Waals surface area contributed by atoms with Gasteiger partial charge in [-0.3, -0.25) is 9.59 Å². The molecule has 2 atom stereocenters. The van der Waals surface area contributed by atoms with E-state index in [0.29, 0.717) is 24.5 Å². The molecule has 0 aromatic rings. The van der Waals surface area contributed by atoms with Crippen LogP contribution in [0.3, 0.4) is 0 Å². The normalized spacial score (nSPS) is 39.0. The summed E-state index contributed by atoms with van der Waals surface area (Å²) in [6.45, 7) is 2.00. The van der Waals surface area contributed by atoms with Gasteiger partial charge in [-0.1, -0.05) is 13.0 Å². The van der Waals surface area contributed by atoms with E-state index in [2.05, 4.69) is 0 Å². The summed E-state index contributed by atoms with van der Waals surface area (Å²) in [5.74, 6) is 0.843. The lowest BCUT2D eigenvalue weighted by atomic mass is 9.75. The van der Waals surface area contributed by atoms with Crippen molar-refractivity contribution in [3.05, 3.63) is 12.2 Å². The van der Waals surface area contributed by atoms with Gasteiger partial charge in [-0.15, -0.1) is 0 Å².